The quantitative estimate of drug-likeness (QED) is 0.752. The van der Waals surface area contributed by atoms with Gasteiger partial charge in [-0.3, -0.25) is 9.89 Å². The lowest BCUT2D eigenvalue weighted by Gasteiger charge is -2.33. The second-order valence-electron chi connectivity index (χ2n) is 6.04. The summed E-state index contributed by atoms with van der Waals surface area (Å²) in [6.07, 6.45) is 4.98. The Labute approximate surface area is 149 Å². The highest BCUT2D eigenvalue weighted by atomic mass is 35.5. The SMILES string of the molecule is O=C(NC1CCN(c2ncnc3[nH]ncc23)CC1)c1ccccc1Cl. The maximum Gasteiger partial charge on any atom is 0.253 e. The maximum atomic E-state index is 12.4. The van der Waals surface area contributed by atoms with E-state index < -0.39 is 0 Å². The molecule has 3 aromatic rings. The summed E-state index contributed by atoms with van der Waals surface area (Å²) in [4.78, 5) is 23.2. The second kappa shape index (κ2) is 6.68. The summed E-state index contributed by atoms with van der Waals surface area (Å²) in [5, 5.41) is 11.4. The average molecular weight is 357 g/mol. The molecule has 1 amide bonds. The van der Waals surface area contributed by atoms with Gasteiger partial charge in [0.2, 0.25) is 0 Å². The molecule has 0 radical (unpaired) electrons. The second-order valence-corrected chi connectivity index (χ2v) is 6.45. The summed E-state index contributed by atoms with van der Waals surface area (Å²) < 4.78 is 0. The summed E-state index contributed by atoms with van der Waals surface area (Å²) in [7, 11) is 0. The molecule has 2 N–H and O–H groups in total. The van der Waals surface area contributed by atoms with E-state index in [0.717, 1.165) is 42.8 Å². The Morgan fingerprint density at radius 2 is 2.04 bits per heavy atom. The molecule has 0 bridgehead atoms. The van der Waals surface area contributed by atoms with Crippen LogP contribution in [0.25, 0.3) is 11.0 Å². The zero-order chi connectivity index (χ0) is 17.2. The first-order valence-corrected chi connectivity index (χ1v) is 8.54. The van der Waals surface area contributed by atoms with E-state index in [1.807, 2.05) is 12.1 Å². The largest absolute Gasteiger partial charge is 0.356 e. The summed E-state index contributed by atoms with van der Waals surface area (Å²) in [6, 6.07) is 7.22. The van der Waals surface area contributed by atoms with E-state index in [1.54, 1.807) is 24.7 Å². The monoisotopic (exact) mass is 356 g/mol. The van der Waals surface area contributed by atoms with Gasteiger partial charge in [0.15, 0.2) is 5.65 Å². The predicted octanol–water partition coefficient (Wildman–Crippen LogP) is 2.41. The number of benzene rings is 1. The molecule has 2 aromatic heterocycles. The van der Waals surface area contributed by atoms with Crippen molar-refractivity contribution in [1.29, 1.82) is 0 Å². The van der Waals surface area contributed by atoms with Crippen LogP contribution < -0.4 is 10.2 Å². The van der Waals surface area contributed by atoms with Crippen molar-refractivity contribution >= 4 is 34.4 Å². The molecule has 0 unspecified atom stereocenters. The van der Waals surface area contributed by atoms with Crippen LogP contribution in [0.3, 0.4) is 0 Å². The average Bonchev–Trinajstić information content (AvgIpc) is 3.11. The Hall–Kier alpha value is -2.67. The Bertz CT molecular complexity index is 903. The van der Waals surface area contributed by atoms with Crippen molar-refractivity contribution in [2.75, 3.05) is 18.0 Å². The van der Waals surface area contributed by atoms with Crippen molar-refractivity contribution in [3.63, 3.8) is 0 Å². The van der Waals surface area contributed by atoms with Crippen LogP contribution in [0.4, 0.5) is 5.82 Å². The van der Waals surface area contributed by atoms with Crippen LogP contribution in [0, 0.1) is 0 Å². The van der Waals surface area contributed by atoms with Gasteiger partial charge in [-0.2, -0.15) is 5.10 Å². The standard InChI is InChI=1S/C17H17ClN6O/c18-14-4-2-1-3-12(14)17(25)22-11-5-7-24(8-6-11)16-13-9-21-23-15(13)19-10-20-16/h1-4,9-11H,5-8H2,(H,22,25)(H,19,20,21,23). The fourth-order valence-corrected chi connectivity index (χ4v) is 3.37. The number of nitrogens with one attached hydrogen (secondary N) is 2. The van der Waals surface area contributed by atoms with Crippen molar-refractivity contribution in [2.24, 2.45) is 0 Å². The molecule has 1 aromatic carbocycles. The topological polar surface area (TPSA) is 86.8 Å². The number of hydrogen-bond acceptors (Lipinski definition) is 5. The van der Waals surface area contributed by atoms with Crippen LogP contribution in [0.2, 0.25) is 5.02 Å². The first-order valence-electron chi connectivity index (χ1n) is 8.17. The molecule has 0 spiro atoms. The predicted molar refractivity (Wildman–Crippen MR) is 95.8 cm³/mol. The first-order chi connectivity index (χ1) is 12.2. The van der Waals surface area contributed by atoms with Crippen LogP contribution >= 0.6 is 11.6 Å². The molecule has 7 nitrogen and oxygen atoms in total. The highest BCUT2D eigenvalue weighted by Gasteiger charge is 2.24. The first kappa shape index (κ1) is 15.8. The van der Waals surface area contributed by atoms with E-state index in [0.29, 0.717) is 10.6 Å². The lowest BCUT2D eigenvalue weighted by atomic mass is 10.0. The maximum absolute atomic E-state index is 12.4. The van der Waals surface area contributed by atoms with Crippen molar-refractivity contribution in [3.8, 4) is 0 Å². The van der Waals surface area contributed by atoms with Gasteiger partial charge in [-0.25, -0.2) is 9.97 Å². The van der Waals surface area contributed by atoms with Crippen LogP contribution in [0.15, 0.2) is 36.8 Å². The number of rotatable bonds is 3. The number of carbonyl (C=O) groups excluding carboxylic acids is 1. The number of aromatic amines is 1. The number of halogens is 1. The molecule has 128 valence electrons. The van der Waals surface area contributed by atoms with Crippen LogP contribution in [-0.2, 0) is 0 Å². The van der Waals surface area contributed by atoms with Gasteiger partial charge < -0.3 is 10.2 Å². The molecular formula is C17H17ClN6O. The number of H-pyrrole nitrogens is 1. The molecule has 0 aliphatic carbocycles. The van der Waals surface area contributed by atoms with E-state index in [9.17, 15) is 4.79 Å². The minimum absolute atomic E-state index is 0.122. The zero-order valence-corrected chi connectivity index (χ0v) is 14.2. The van der Waals surface area contributed by atoms with Crippen molar-refractivity contribution in [2.45, 2.75) is 18.9 Å². The van der Waals surface area contributed by atoms with Gasteiger partial charge >= 0.3 is 0 Å². The molecule has 3 heterocycles. The highest BCUT2D eigenvalue weighted by Crippen LogP contribution is 2.24. The number of piperidine rings is 1. The van der Waals surface area contributed by atoms with Gasteiger partial charge in [0.25, 0.3) is 5.91 Å². The summed E-state index contributed by atoms with van der Waals surface area (Å²) in [6.45, 7) is 1.62. The number of aromatic nitrogens is 4. The fourth-order valence-electron chi connectivity index (χ4n) is 3.15. The molecule has 1 fully saturated rings. The number of carbonyl (C=O) groups is 1. The van der Waals surface area contributed by atoms with Gasteiger partial charge in [-0.15, -0.1) is 0 Å². The Morgan fingerprint density at radius 3 is 2.84 bits per heavy atom. The lowest BCUT2D eigenvalue weighted by Crippen LogP contribution is -2.45. The fraction of sp³-hybridized carbons (Fsp3) is 0.294. The van der Waals surface area contributed by atoms with E-state index in [4.69, 9.17) is 11.6 Å². The number of anilines is 1. The third-order valence-corrected chi connectivity index (χ3v) is 4.80. The zero-order valence-electron chi connectivity index (χ0n) is 13.4. The molecule has 4 rings (SSSR count). The molecule has 25 heavy (non-hydrogen) atoms. The van der Waals surface area contributed by atoms with E-state index >= 15 is 0 Å². The van der Waals surface area contributed by atoms with Crippen molar-refractivity contribution < 1.29 is 4.79 Å². The lowest BCUT2D eigenvalue weighted by molar-refractivity contribution is 0.0931. The van der Waals surface area contributed by atoms with Crippen LogP contribution in [0.1, 0.15) is 23.2 Å². The summed E-state index contributed by atoms with van der Waals surface area (Å²) >= 11 is 6.09. The van der Waals surface area contributed by atoms with Crippen LogP contribution in [0.5, 0.6) is 0 Å². The summed E-state index contributed by atoms with van der Waals surface area (Å²) in [5.41, 5.74) is 1.25. The number of amides is 1. The van der Waals surface area contributed by atoms with Gasteiger partial charge in [0, 0.05) is 19.1 Å². The smallest absolute Gasteiger partial charge is 0.253 e. The third kappa shape index (κ3) is 3.15. The molecule has 8 heteroatoms. The molecular weight excluding hydrogens is 340 g/mol. The van der Waals surface area contributed by atoms with E-state index in [1.165, 1.54) is 0 Å². The molecule has 1 aliphatic heterocycles. The van der Waals surface area contributed by atoms with Crippen molar-refractivity contribution in [3.05, 3.63) is 47.4 Å². The summed E-state index contributed by atoms with van der Waals surface area (Å²) in [5.74, 6) is 0.762. The Kier molecular flexibility index (Phi) is 4.23. The third-order valence-electron chi connectivity index (χ3n) is 4.48. The highest BCUT2D eigenvalue weighted by molar-refractivity contribution is 6.33. The van der Waals surface area contributed by atoms with Crippen molar-refractivity contribution in [1.82, 2.24) is 25.5 Å². The molecule has 1 aliphatic rings. The molecule has 0 atom stereocenters. The van der Waals surface area contributed by atoms with Crippen LogP contribution in [-0.4, -0.2) is 45.2 Å². The Morgan fingerprint density at radius 1 is 1.24 bits per heavy atom. The number of hydrogen-bond donors (Lipinski definition) is 2. The minimum Gasteiger partial charge on any atom is -0.356 e. The van der Waals surface area contributed by atoms with Gasteiger partial charge in [0.1, 0.15) is 12.1 Å². The van der Waals surface area contributed by atoms with Gasteiger partial charge in [0.05, 0.1) is 22.2 Å². The van der Waals surface area contributed by atoms with Gasteiger partial charge in [-0.05, 0) is 25.0 Å². The molecule has 0 saturated carbocycles. The normalized spacial score (nSPS) is 15.5. The van der Waals surface area contributed by atoms with E-state index in [-0.39, 0.29) is 11.9 Å². The number of nitrogens with zero attached hydrogens (tertiary/aromatic N) is 4. The minimum atomic E-state index is -0.122. The Balaban J connectivity index is 1.41. The molecule has 1 saturated heterocycles. The van der Waals surface area contributed by atoms with E-state index in [2.05, 4.69) is 30.4 Å². The van der Waals surface area contributed by atoms with Gasteiger partial charge in [-0.1, -0.05) is 23.7 Å². The number of fused-ring (bicyclic) bond motifs is 1.